The molecule has 0 aromatic heterocycles. The fourth-order valence-corrected chi connectivity index (χ4v) is 1.82. The lowest BCUT2D eigenvalue weighted by atomic mass is 10.1. The van der Waals surface area contributed by atoms with Crippen LogP contribution in [0.5, 0.6) is 5.75 Å². The Kier molecular flexibility index (Phi) is 7.01. The van der Waals surface area contributed by atoms with Crippen LogP contribution in [0.25, 0.3) is 0 Å². The van der Waals surface area contributed by atoms with Crippen molar-refractivity contribution >= 4 is 5.91 Å². The molecule has 0 saturated heterocycles. The Hall–Kier alpha value is -1.62. The largest absolute Gasteiger partial charge is 0.494 e. The van der Waals surface area contributed by atoms with Crippen LogP contribution in [-0.4, -0.2) is 31.3 Å². The second kappa shape index (κ2) is 8.53. The van der Waals surface area contributed by atoms with Crippen LogP contribution in [0.1, 0.15) is 25.3 Å². The molecule has 1 aromatic rings. The van der Waals surface area contributed by atoms with Gasteiger partial charge in [0.1, 0.15) is 0 Å². The Morgan fingerprint density at radius 3 is 2.85 bits per heavy atom. The Balaban J connectivity index is 2.35. The van der Waals surface area contributed by atoms with Gasteiger partial charge in [-0.05, 0) is 36.5 Å². The molecule has 20 heavy (non-hydrogen) atoms. The summed E-state index contributed by atoms with van der Waals surface area (Å²) in [5, 5.41) is 11.6. The molecule has 4 nitrogen and oxygen atoms in total. The molecule has 0 aliphatic heterocycles. The van der Waals surface area contributed by atoms with Crippen LogP contribution < -0.4 is 10.1 Å². The predicted molar refractivity (Wildman–Crippen MR) is 75.1 cm³/mol. The Morgan fingerprint density at radius 2 is 2.25 bits per heavy atom. The molecule has 2 N–H and O–H groups in total. The van der Waals surface area contributed by atoms with Crippen molar-refractivity contribution in [2.24, 2.45) is 5.92 Å². The van der Waals surface area contributed by atoms with Crippen LogP contribution in [-0.2, 0) is 11.2 Å². The first kappa shape index (κ1) is 16.4. The van der Waals surface area contributed by atoms with Crippen LogP contribution >= 0.6 is 0 Å². The first-order valence-electron chi connectivity index (χ1n) is 6.76. The number of rotatable bonds is 8. The van der Waals surface area contributed by atoms with Crippen molar-refractivity contribution in [2.75, 3.05) is 20.3 Å². The molecule has 0 saturated carbocycles. The highest BCUT2D eigenvalue weighted by molar-refractivity contribution is 5.76. The van der Waals surface area contributed by atoms with Crippen molar-refractivity contribution in [1.82, 2.24) is 5.32 Å². The van der Waals surface area contributed by atoms with E-state index in [1.54, 1.807) is 12.1 Å². The number of aryl methyl sites for hydroxylation is 1. The number of halogens is 1. The highest BCUT2D eigenvalue weighted by atomic mass is 19.1. The molecule has 1 atom stereocenters. The topological polar surface area (TPSA) is 58.6 Å². The minimum absolute atomic E-state index is 0.0639. The lowest BCUT2D eigenvalue weighted by Crippen LogP contribution is -2.28. The number of benzene rings is 1. The van der Waals surface area contributed by atoms with E-state index in [1.165, 1.54) is 13.2 Å². The molecule has 0 radical (unpaired) electrons. The molecule has 0 aliphatic rings. The van der Waals surface area contributed by atoms with Gasteiger partial charge in [0.05, 0.1) is 7.11 Å². The maximum absolute atomic E-state index is 13.5. The van der Waals surface area contributed by atoms with E-state index in [1.807, 2.05) is 6.92 Å². The van der Waals surface area contributed by atoms with Crippen molar-refractivity contribution in [3.05, 3.63) is 29.6 Å². The highest BCUT2D eigenvalue weighted by Crippen LogP contribution is 2.18. The maximum Gasteiger partial charge on any atom is 0.220 e. The number of hydrogen-bond acceptors (Lipinski definition) is 3. The summed E-state index contributed by atoms with van der Waals surface area (Å²) in [5.41, 5.74) is 0.766. The first-order valence-corrected chi connectivity index (χ1v) is 6.76. The lowest BCUT2D eigenvalue weighted by molar-refractivity contribution is -0.121. The number of carbonyl (C=O) groups is 1. The van der Waals surface area contributed by atoms with E-state index in [0.717, 1.165) is 5.56 Å². The number of aliphatic hydroxyl groups excluding tert-OH is 1. The van der Waals surface area contributed by atoms with Crippen LogP contribution in [0.3, 0.4) is 0 Å². The second-order valence-corrected chi connectivity index (χ2v) is 4.89. The molecule has 112 valence electrons. The van der Waals surface area contributed by atoms with E-state index in [-0.39, 0.29) is 24.2 Å². The number of methoxy groups -OCH3 is 1. The number of aliphatic hydroxyl groups is 1. The third kappa shape index (κ3) is 5.57. The lowest BCUT2D eigenvalue weighted by Gasteiger charge is -2.11. The number of amides is 1. The van der Waals surface area contributed by atoms with E-state index < -0.39 is 5.82 Å². The van der Waals surface area contributed by atoms with Gasteiger partial charge < -0.3 is 15.2 Å². The Labute approximate surface area is 119 Å². The zero-order valence-electron chi connectivity index (χ0n) is 12.0. The Morgan fingerprint density at radius 1 is 1.50 bits per heavy atom. The smallest absolute Gasteiger partial charge is 0.220 e. The van der Waals surface area contributed by atoms with Gasteiger partial charge >= 0.3 is 0 Å². The quantitative estimate of drug-likeness (QED) is 0.766. The number of hydrogen-bond donors (Lipinski definition) is 2. The summed E-state index contributed by atoms with van der Waals surface area (Å²) in [6.45, 7) is 2.65. The van der Waals surface area contributed by atoms with E-state index >= 15 is 0 Å². The van der Waals surface area contributed by atoms with Crippen LogP contribution in [0.2, 0.25) is 0 Å². The SMILES string of the molecule is COc1ccc(CCC(=O)NCC(C)CCO)cc1F. The predicted octanol–water partition coefficient (Wildman–Crippen LogP) is 1.90. The van der Waals surface area contributed by atoms with Gasteiger partial charge in [-0.15, -0.1) is 0 Å². The minimum atomic E-state index is -0.415. The normalized spacial score (nSPS) is 12.0. The molecule has 1 rings (SSSR count). The van der Waals surface area contributed by atoms with Crippen molar-refractivity contribution in [2.45, 2.75) is 26.2 Å². The molecule has 5 heteroatoms. The number of nitrogens with one attached hydrogen (secondary N) is 1. The highest BCUT2D eigenvalue weighted by Gasteiger charge is 2.07. The summed E-state index contributed by atoms with van der Waals surface area (Å²) in [5.74, 6) is -0.0218. The first-order chi connectivity index (χ1) is 9.56. The van der Waals surface area contributed by atoms with Gasteiger partial charge in [-0.1, -0.05) is 13.0 Å². The summed E-state index contributed by atoms with van der Waals surface area (Å²) in [6.07, 6.45) is 1.47. The fraction of sp³-hybridized carbons (Fsp3) is 0.533. The van der Waals surface area contributed by atoms with Gasteiger partial charge in [0.2, 0.25) is 5.91 Å². The van der Waals surface area contributed by atoms with E-state index in [9.17, 15) is 9.18 Å². The average molecular weight is 283 g/mol. The van der Waals surface area contributed by atoms with Crippen molar-refractivity contribution < 1.29 is 19.0 Å². The van der Waals surface area contributed by atoms with Crippen molar-refractivity contribution in [1.29, 1.82) is 0 Å². The van der Waals surface area contributed by atoms with Crippen LogP contribution in [0.15, 0.2) is 18.2 Å². The van der Waals surface area contributed by atoms with Crippen LogP contribution in [0, 0.1) is 11.7 Å². The van der Waals surface area contributed by atoms with Crippen molar-refractivity contribution in [3.8, 4) is 5.75 Å². The zero-order valence-corrected chi connectivity index (χ0v) is 12.0. The maximum atomic E-state index is 13.5. The summed E-state index contributed by atoms with van der Waals surface area (Å²) in [6, 6.07) is 4.70. The summed E-state index contributed by atoms with van der Waals surface area (Å²) >= 11 is 0. The molecule has 1 unspecified atom stereocenters. The molecule has 1 amide bonds. The molecule has 1 aromatic carbocycles. The zero-order chi connectivity index (χ0) is 15.0. The van der Waals surface area contributed by atoms with Gasteiger partial charge in [-0.25, -0.2) is 4.39 Å². The van der Waals surface area contributed by atoms with Gasteiger partial charge in [-0.2, -0.15) is 0 Å². The summed E-state index contributed by atoms with van der Waals surface area (Å²) < 4.78 is 18.3. The third-order valence-electron chi connectivity index (χ3n) is 3.13. The van der Waals surface area contributed by atoms with Gasteiger partial charge in [-0.3, -0.25) is 4.79 Å². The van der Waals surface area contributed by atoms with E-state index in [2.05, 4.69) is 5.32 Å². The molecular weight excluding hydrogens is 261 g/mol. The molecule has 0 fully saturated rings. The second-order valence-electron chi connectivity index (χ2n) is 4.89. The third-order valence-corrected chi connectivity index (χ3v) is 3.13. The molecule has 0 aliphatic carbocycles. The standard InChI is InChI=1S/C15H22FNO3/c1-11(7-8-18)10-17-15(19)6-4-12-3-5-14(20-2)13(16)9-12/h3,5,9,11,18H,4,6-8,10H2,1-2H3,(H,17,19). The molecule has 0 bridgehead atoms. The van der Waals surface area contributed by atoms with Gasteiger partial charge in [0.25, 0.3) is 0 Å². The average Bonchev–Trinajstić information content (AvgIpc) is 2.43. The van der Waals surface area contributed by atoms with E-state index in [4.69, 9.17) is 9.84 Å². The summed E-state index contributed by atoms with van der Waals surface area (Å²) in [4.78, 5) is 11.6. The van der Waals surface area contributed by atoms with Crippen molar-refractivity contribution in [3.63, 3.8) is 0 Å². The molecule has 0 heterocycles. The minimum Gasteiger partial charge on any atom is -0.494 e. The van der Waals surface area contributed by atoms with Crippen LogP contribution in [0.4, 0.5) is 4.39 Å². The molecular formula is C15H22FNO3. The fourth-order valence-electron chi connectivity index (χ4n) is 1.82. The molecule has 0 spiro atoms. The van der Waals surface area contributed by atoms with Gasteiger partial charge in [0.15, 0.2) is 11.6 Å². The summed E-state index contributed by atoms with van der Waals surface area (Å²) in [7, 11) is 1.42. The van der Waals surface area contributed by atoms with E-state index in [0.29, 0.717) is 25.8 Å². The van der Waals surface area contributed by atoms with Gasteiger partial charge in [0, 0.05) is 19.6 Å². The number of carbonyl (C=O) groups excluding carboxylic acids is 1. The monoisotopic (exact) mass is 283 g/mol. The Bertz CT molecular complexity index is 437. The number of ether oxygens (including phenoxy) is 1.